The molecular weight excluding hydrogens is 372 g/mol. The van der Waals surface area contributed by atoms with Crippen LogP contribution in [0.25, 0.3) is 0 Å². The fraction of sp³-hybridized carbons (Fsp3) is 0.500. The molecule has 5 heteroatoms. The molecule has 2 unspecified atom stereocenters. The Hall–Kier alpha value is -0.390. The van der Waals surface area contributed by atoms with Crippen LogP contribution < -0.4 is 11.1 Å². The maximum Gasteiger partial charge on any atom is 0.252 e. The van der Waals surface area contributed by atoms with Crippen molar-refractivity contribution in [1.29, 1.82) is 0 Å². The fourth-order valence-corrected chi connectivity index (χ4v) is 3.66. The second-order valence-corrected chi connectivity index (χ2v) is 6.78. The smallest absolute Gasteiger partial charge is 0.252 e. The van der Waals surface area contributed by atoms with Gasteiger partial charge in [0, 0.05) is 21.0 Å². The summed E-state index contributed by atoms with van der Waals surface area (Å²) in [7, 11) is 0. The van der Waals surface area contributed by atoms with Gasteiger partial charge in [-0.15, -0.1) is 0 Å². The molecule has 1 fully saturated rings. The topological polar surface area (TPSA) is 55.1 Å². The minimum atomic E-state index is -0.0540. The molecule has 0 spiro atoms. The third kappa shape index (κ3) is 4.04. The lowest BCUT2D eigenvalue weighted by atomic mass is 10.0. The summed E-state index contributed by atoms with van der Waals surface area (Å²) in [5.74, 6) is -0.0540. The normalized spacial score (nSPS) is 23.7. The van der Waals surface area contributed by atoms with E-state index in [9.17, 15) is 4.79 Å². The van der Waals surface area contributed by atoms with Gasteiger partial charge in [-0.2, -0.15) is 0 Å². The van der Waals surface area contributed by atoms with E-state index in [-0.39, 0.29) is 18.0 Å². The molecule has 19 heavy (non-hydrogen) atoms. The quantitative estimate of drug-likeness (QED) is 0.759. The van der Waals surface area contributed by atoms with Crippen LogP contribution >= 0.6 is 31.9 Å². The molecule has 1 saturated carbocycles. The SMILES string of the molecule is NC1CCCCCC1NC(=O)c1ccc(Br)cc1Br. The van der Waals surface area contributed by atoms with Gasteiger partial charge >= 0.3 is 0 Å². The molecule has 1 amide bonds. The molecule has 1 aliphatic rings. The van der Waals surface area contributed by atoms with E-state index in [0.29, 0.717) is 5.56 Å². The Balaban J connectivity index is 2.07. The van der Waals surface area contributed by atoms with Crippen molar-refractivity contribution in [3.63, 3.8) is 0 Å². The number of nitrogens with one attached hydrogen (secondary N) is 1. The minimum absolute atomic E-state index is 0.0540. The molecule has 1 aromatic rings. The summed E-state index contributed by atoms with van der Waals surface area (Å²) in [6, 6.07) is 5.71. The van der Waals surface area contributed by atoms with E-state index >= 15 is 0 Å². The highest BCUT2D eigenvalue weighted by Gasteiger charge is 2.23. The first kappa shape index (κ1) is 15.0. The third-order valence-corrected chi connectivity index (χ3v) is 4.71. The largest absolute Gasteiger partial charge is 0.348 e. The van der Waals surface area contributed by atoms with Crippen LogP contribution in [0.1, 0.15) is 42.5 Å². The van der Waals surface area contributed by atoms with Crippen LogP contribution in [0.2, 0.25) is 0 Å². The lowest BCUT2D eigenvalue weighted by Gasteiger charge is -2.23. The van der Waals surface area contributed by atoms with Crippen LogP contribution in [0.4, 0.5) is 0 Å². The molecule has 0 heterocycles. The highest BCUT2D eigenvalue weighted by molar-refractivity contribution is 9.11. The van der Waals surface area contributed by atoms with E-state index in [1.54, 1.807) is 0 Å². The van der Waals surface area contributed by atoms with Gasteiger partial charge < -0.3 is 11.1 Å². The van der Waals surface area contributed by atoms with Gasteiger partial charge in [0.1, 0.15) is 0 Å². The molecule has 0 aromatic heterocycles. The average Bonchev–Trinajstić information content (AvgIpc) is 2.55. The van der Waals surface area contributed by atoms with E-state index in [0.717, 1.165) is 34.6 Å². The molecule has 0 aliphatic heterocycles. The number of hydrogen-bond acceptors (Lipinski definition) is 2. The number of carbonyl (C=O) groups is 1. The van der Waals surface area contributed by atoms with Crippen molar-refractivity contribution in [3.05, 3.63) is 32.7 Å². The Kier molecular flexibility index (Phi) is 5.42. The molecule has 0 bridgehead atoms. The first-order chi connectivity index (χ1) is 9.08. The molecule has 0 saturated heterocycles. The van der Waals surface area contributed by atoms with Crippen LogP contribution in [0.3, 0.4) is 0 Å². The van der Waals surface area contributed by atoms with Gasteiger partial charge in [0.15, 0.2) is 0 Å². The maximum atomic E-state index is 12.3. The molecular formula is C14H18Br2N2O. The maximum absolute atomic E-state index is 12.3. The first-order valence-electron chi connectivity index (χ1n) is 6.59. The van der Waals surface area contributed by atoms with Gasteiger partial charge in [-0.1, -0.05) is 35.2 Å². The minimum Gasteiger partial charge on any atom is -0.348 e. The molecule has 1 aromatic carbocycles. The van der Waals surface area contributed by atoms with Gasteiger partial charge in [0.05, 0.1) is 5.56 Å². The molecule has 3 N–H and O–H groups in total. The number of carbonyl (C=O) groups excluding carboxylic acids is 1. The lowest BCUT2D eigenvalue weighted by Crippen LogP contribution is -2.47. The van der Waals surface area contributed by atoms with Gasteiger partial charge in [-0.05, 0) is 47.0 Å². The number of benzene rings is 1. The zero-order valence-corrected chi connectivity index (χ0v) is 13.8. The molecule has 1 aliphatic carbocycles. The zero-order valence-electron chi connectivity index (χ0n) is 10.7. The summed E-state index contributed by atoms with van der Waals surface area (Å²) in [6.07, 6.45) is 5.48. The number of amides is 1. The van der Waals surface area contributed by atoms with Crippen molar-refractivity contribution in [2.45, 2.75) is 44.2 Å². The van der Waals surface area contributed by atoms with Crippen molar-refractivity contribution in [2.75, 3.05) is 0 Å². The summed E-state index contributed by atoms with van der Waals surface area (Å²) in [4.78, 5) is 12.3. The van der Waals surface area contributed by atoms with Gasteiger partial charge in [-0.3, -0.25) is 4.79 Å². The zero-order chi connectivity index (χ0) is 13.8. The van der Waals surface area contributed by atoms with Gasteiger partial charge in [0.2, 0.25) is 0 Å². The molecule has 104 valence electrons. The number of rotatable bonds is 2. The second kappa shape index (κ2) is 6.86. The first-order valence-corrected chi connectivity index (χ1v) is 8.18. The monoisotopic (exact) mass is 388 g/mol. The number of halogens is 2. The Morgan fingerprint density at radius 3 is 2.68 bits per heavy atom. The van der Waals surface area contributed by atoms with Crippen molar-refractivity contribution in [2.24, 2.45) is 5.73 Å². The average molecular weight is 390 g/mol. The molecule has 2 atom stereocenters. The lowest BCUT2D eigenvalue weighted by molar-refractivity contribution is 0.0928. The van der Waals surface area contributed by atoms with Gasteiger partial charge in [0.25, 0.3) is 5.91 Å². The summed E-state index contributed by atoms with van der Waals surface area (Å²) in [5.41, 5.74) is 6.79. The summed E-state index contributed by atoms with van der Waals surface area (Å²) < 4.78 is 1.74. The standard InChI is InChI=1S/C14H18Br2N2O/c15-9-6-7-10(11(16)8-9)14(19)18-13-5-3-1-2-4-12(13)17/h6-8,12-13H,1-5,17H2,(H,18,19). The van der Waals surface area contributed by atoms with Crippen LogP contribution in [0, 0.1) is 0 Å². The summed E-state index contributed by atoms with van der Waals surface area (Å²) in [6.45, 7) is 0. The Morgan fingerprint density at radius 1 is 1.21 bits per heavy atom. The summed E-state index contributed by atoms with van der Waals surface area (Å²) in [5, 5.41) is 3.08. The Bertz CT molecular complexity index is 465. The number of nitrogens with two attached hydrogens (primary N) is 1. The Morgan fingerprint density at radius 2 is 1.95 bits per heavy atom. The molecule has 2 rings (SSSR count). The Labute approximate surface area is 130 Å². The fourth-order valence-electron chi connectivity index (χ4n) is 2.44. The van der Waals surface area contributed by atoms with Gasteiger partial charge in [-0.25, -0.2) is 0 Å². The van der Waals surface area contributed by atoms with E-state index in [1.807, 2.05) is 18.2 Å². The number of hydrogen-bond donors (Lipinski definition) is 2. The van der Waals surface area contributed by atoms with Crippen LogP contribution in [-0.4, -0.2) is 18.0 Å². The molecule has 3 nitrogen and oxygen atoms in total. The van der Waals surface area contributed by atoms with E-state index < -0.39 is 0 Å². The van der Waals surface area contributed by atoms with E-state index in [1.165, 1.54) is 6.42 Å². The second-order valence-electron chi connectivity index (χ2n) is 5.01. The van der Waals surface area contributed by atoms with E-state index in [2.05, 4.69) is 37.2 Å². The van der Waals surface area contributed by atoms with Crippen LogP contribution in [0.5, 0.6) is 0 Å². The van der Waals surface area contributed by atoms with Crippen molar-refractivity contribution >= 4 is 37.8 Å². The van der Waals surface area contributed by atoms with Crippen molar-refractivity contribution < 1.29 is 4.79 Å². The predicted octanol–water partition coefficient (Wildman–Crippen LogP) is 3.60. The van der Waals surface area contributed by atoms with E-state index in [4.69, 9.17) is 5.73 Å². The summed E-state index contributed by atoms with van der Waals surface area (Å²) >= 11 is 6.80. The predicted molar refractivity (Wildman–Crippen MR) is 84.2 cm³/mol. The highest BCUT2D eigenvalue weighted by Crippen LogP contribution is 2.23. The molecule has 0 radical (unpaired) electrons. The third-order valence-electron chi connectivity index (χ3n) is 3.56. The van der Waals surface area contributed by atoms with Crippen LogP contribution in [-0.2, 0) is 0 Å². The van der Waals surface area contributed by atoms with Crippen molar-refractivity contribution in [3.8, 4) is 0 Å². The highest BCUT2D eigenvalue weighted by atomic mass is 79.9. The van der Waals surface area contributed by atoms with Crippen LogP contribution in [0.15, 0.2) is 27.1 Å². The van der Waals surface area contributed by atoms with Crippen molar-refractivity contribution in [1.82, 2.24) is 5.32 Å².